The van der Waals surface area contributed by atoms with Gasteiger partial charge in [-0.3, -0.25) is 0 Å². The molecule has 2 aromatic heterocycles. The minimum Gasteiger partial charge on any atom is -0.497 e. The minimum atomic E-state index is -4.52. The van der Waals surface area contributed by atoms with Crippen LogP contribution in [0.1, 0.15) is 11.1 Å². The number of benzene rings is 2. The first-order valence-electron chi connectivity index (χ1n) is 8.59. The second kappa shape index (κ2) is 7.36. The summed E-state index contributed by atoms with van der Waals surface area (Å²) in [5, 5.41) is 7.43. The molecule has 8 heteroatoms. The number of rotatable bonds is 4. The average Bonchev–Trinajstić information content (AvgIpc) is 3.36. The summed E-state index contributed by atoms with van der Waals surface area (Å²) in [6.45, 7) is 1.79. The third-order valence-electron chi connectivity index (χ3n) is 4.47. The molecular formula is C21H15F3N2O2S. The van der Waals surface area contributed by atoms with E-state index in [0.29, 0.717) is 16.9 Å². The highest BCUT2D eigenvalue weighted by molar-refractivity contribution is 7.08. The van der Waals surface area contributed by atoms with E-state index in [4.69, 9.17) is 9.26 Å². The number of hydrogen-bond acceptors (Lipinski definition) is 5. The monoisotopic (exact) mass is 416 g/mol. The van der Waals surface area contributed by atoms with E-state index >= 15 is 0 Å². The van der Waals surface area contributed by atoms with E-state index < -0.39 is 11.7 Å². The maximum Gasteiger partial charge on any atom is 0.417 e. The quantitative estimate of drug-likeness (QED) is 0.383. The van der Waals surface area contributed by atoms with Crippen LogP contribution < -0.4 is 4.74 Å². The number of nitrogens with zero attached hydrogens (tertiary/aromatic N) is 2. The fourth-order valence-electron chi connectivity index (χ4n) is 3.00. The van der Waals surface area contributed by atoms with Crippen LogP contribution in [-0.2, 0) is 6.18 Å². The lowest BCUT2D eigenvalue weighted by molar-refractivity contribution is -0.137. The van der Waals surface area contributed by atoms with Gasteiger partial charge in [0, 0.05) is 11.1 Å². The topological polar surface area (TPSA) is 48.2 Å². The van der Waals surface area contributed by atoms with Crippen molar-refractivity contribution in [3.63, 3.8) is 0 Å². The van der Waals surface area contributed by atoms with E-state index in [1.165, 1.54) is 24.5 Å². The summed E-state index contributed by atoms with van der Waals surface area (Å²) >= 11 is 1.37. The summed E-state index contributed by atoms with van der Waals surface area (Å²) in [5.41, 5.74) is 1.60. The lowest BCUT2D eigenvalue weighted by Gasteiger charge is -2.13. The van der Waals surface area contributed by atoms with Gasteiger partial charge in [-0.1, -0.05) is 23.4 Å². The standard InChI is InChI=1S/C21H15F3N2O2S/c1-12-10-29-11-17(12)16-7-6-14(9-18(16)21(22,23)24)20-25-19(26-28-20)13-4-3-5-15(8-13)27-2/h3-11H,1-2H3. The molecule has 0 saturated heterocycles. The Morgan fingerprint density at radius 1 is 1.00 bits per heavy atom. The van der Waals surface area contributed by atoms with Crippen LogP contribution in [0.5, 0.6) is 5.75 Å². The first-order chi connectivity index (χ1) is 13.9. The molecule has 2 aromatic carbocycles. The Balaban J connectivity index is 1.77. The molecule has 2 heterocycles. The van der Waals surface area contributed by atoms with E-state index in [1.807, 2.05) is 5.38 Å². The summed E-state index contributed by atoms with van der Waals surface area (Å²) in [6.07, 6.45) is -4.52. The van der Waals surface area contributed by atoms with Crippen molar-refractivity contribution in [3.8, 4) is 39.7 Å². The Bertz CT molecular complexity index is 1160. The van der Waals surface area contributed by atoms with Gasteiger partial charge >= 0.3 is 6.18 Å². The zero-order valence-corrected chi connectivity index (χ0v) is 16.3. The van der Waals surface area contributed by atoms with Crippen molar-refractivity contribution < 1.29 is 22.4 Å². The number of thiophene rings is 1. The maximum absolute atomic E-state index is 13.7. The number of ether oxygens (including phenoxy) is 1. The van der Waals surface area contributed by atoms with E-state index in [0.717, 1.165) is 11.6 Å². The zero-order chi connectivity index (χ0) is 20.6. The van der Waals surface area contributed by atoms with Gasteiger partial charge in [-0.15, -0.1) is 0 Å². The van der Waals surface area contributed by atoms with Crippen molar-refractivity contribution in [2.24, 2.45) is 0 Å². The van der Waals surface area contributed by atoms with Gasteiger partial charge in [-0.2, -0.15) is 29.5 Å². The first-order valence-corrected chi connectivity index (χ1v) is 9.54. The van der Waals surface area contributed by atoms with E-state index in [2.05, 4.69) is 10.1 Å². The van der Waals surface area contributed by atoms with Crippen LogP contribution in [0.25, 0.3) is 34.0 Å². The number of halogens is 3. The van der Waals surface area contributed by atoms with Crippen LogP contribution in [0.3, 0.4) is 0 Å². The highest BCUT2D eigenvalue weighted by Crippen LogP contribution is 2.41. The van der Waals surface area contributed by atoms with E-state index in [-0.39, 0.29) is 22.8 Å². The number of hydrogen-bond donors (Lipinski definition) is 0. The molecule has 0 unspecified atom stereocenters. The van der Waals surface area contributed by atoms with Crippen molar-refractivity contribution in [1.29, 1.82) is 0 Å². The smallest absolute Gasteiger partial charge is 0.417 e. The summed E-state index contributed by atoms with van der Waals surface area (Å²) < 4.78 is 51.6. The predicted octanol–water partition coefficient (Wildman–Crippen LogP) is 6.47. The van der Waals surface area contributed by atoms with Gasteiger partial charge < -0.3 is 9.26 Å². The third kappa shape index (κ3) is 3.75. The molecule has 0 bridgehead atoms. The maximum atomic E-state index is 13.7. The fraction of sp³-hybridized carbons (Fsp3) is 0.143. The summed E-state index contributed by atoms with van der Waals surface area (Å²) in [7, 11) is 1.54. The molecule has 4 aromatic rings. The first kappa shape index (κ1) is 19.2. The van der Waals surface area contributed by atoms with Gasteiger partial charge in [0.1, 0.15) is 5.75 Å². The van der Waals surface area contributed by atoms with Crippen molar-refractivity contribution in [2.45, 2.75) is 13.1 Å². The molecular weight excluding hydrogens is 401 g/mol. The predicted molar refractivity (Wildman–Crippen MR) is 105 cm³/mol. The molecule has 0 radical (unpaired) electrons. The summed E-state index contributed by atoms with van der Waals surface area (Å²) in [6, 6.07) is 11.1. The van der Waals surface area contributed by atoms with Crippen LogP contribution in [0.2, 0.25) is 0 Å². The molecule has 0 saturated carbocycles. The fourth-order valence-corrected chi connectivity index (χ4v) is 3.85. The lowest BCUT2D eigenvalue weighted by Crippen LogP contribution is -2.07. The number of aromatic nitrogens is 2. The van der Waals surface area contributed by atoms with E-state index in [9.17, 15) is 13.2 Å². The van der Waals surface area contributed by atoms with Gasteiger partial charge in [0.15, 0.2) is 0 Å². The van der Waals surface area contributed by atoms with Gasteiger partial charge in [0.2, 0.25) is 5.82 Å². The molecule has 0 atom stereocenters. The molecule has 4 nitrogen and oxygen atoms in total. The Kier molecular flexibility index (Phi) is 4.87. The molecule has 0 fully saturated rings. The molecule has 0 aliphatic carbocycles. The molecule has 148 valence electrons. The molecule has 0 aliphatic heterocycles. The van der Waals surface area contributed by atoms with Crippen LogP contribution in [0, 0.1) is 6.92 Å². The SMILES string of the molecule is COc1cccc(-c2noc(-c3ccc(-c4cscc4C)c(C(F)(F)F)c3)n2)c1. The van der Waals surface area contributed by atoms with Crippen molar-refractivity contribution in [1.82, 2.24) is 10.1 Å². The zero-order valence-electron chi connectivity index (χ0n) is 15.4. The van der Waals surface area contributed by atoms with Gasteiger partial charge in [0.25, 0.3) is 5.89 Å². The van der Waals surface area contributed by atoms with Crippen LogP contribution >= 0.6 is 11.3 Å². The van der Waals surface area contributed by atoms with Gasteiger partial charge in [-0.05, 0) is 58.6 Å². The Hall–Kier alpha value is -3.13. The molecule has 0 amide bonds. The Morgan fingerprint density at radius 3 is 2.52 bits per heavy atom. The van der Waals surface area contributed by atoms with Crippen LogP contribution in [0.15, 0.2) is 57.7 Å². The lowest BCUT2D eigenvalue weighted by atomic mass is 9.97. The number of aryl methyl sites for hydroxylation is 1. The van der Waals surface area contributed by atoms with E-state index in [1.54, 1.807) is 42.6 Å². The molecule has 0 N–H and O–H groups in total. The Morgan fingerprint density at radius 2 is 1.83 bits per heavy atom. The van der Waals surface area contributed by atoms with Crippen molar-refractivity contribution in [3.05, 3.63) is 64.4 Å². The second-order valence-electron chi connectivity index (χ2n) is 6.38. The average molecular weight is 416 g/mol. The molecule has 29 heavy (non-hydrogen) atoms. The summed E-state index contributed by atoms with van der Waals surface area (Å²) in [4.78, 5) is 4.26. The highest BCUT2D eigenvalue weighted by Gasteiger charge is 2.35. The Labute approximate surface area is 168 Å². The normalized spacial score (nSPS) is 11.6. The molecule has 0 spiro atoms. The second-order valence-corrected chi connectivity index (χ2v) is 7.13. The number of methoxy groups -OCH3 is 1. The largest absolute Gasteiger partial charge is 0.497 e. The molecule has 0 aliphatic rings. The highest BCUT2D eigenvalue weighted by atomic mass is 32.1. The van der Waals surface area contributed by atoms with Gasteiger partial charge in [0.05, 0.1) is 12.7 Å². The minimum absolute atomic E-state index is 0.0157. The van der Waals surface area contributed by atoms with Crippen molar-refractivity contribution in [2.75, 3.05) is 7.11 Å². The van der Waals surface area contributed by atoms with Crippen LogP contribution in [-0.4, -0.2) is 17.3 Å². The third-order valence-corrected chi connectivity index (χ3v) is 5.33. The molecule has 4 rings (SSSR count). The summed E-state index contributed by atoms with van der Waals surface area (Å²) in [5.74, 6) is 0.899. The van der Waals surface area contributed by atoms with Crippen molar-refractivity contribution >= 4 is 11.3 Å². The van der Waals surface area contributed by atoms with Crippen LogP contribution in [0.4, 0.5) is 13.2 Å². The number of alkyl halides is 3. The van der Waals surface area contributed by atoms with Gasteiger partial charge in [-0.25, -0.2) is 0 Å².